The Balaban J connectivity index is 1.79. The molecule has 2 aliphatic heterocycles. The van der Waals surface area contributed by atoms with Gasteiger partial charge in [0.25, 0.3) is 0 Å². The molecule has 3 rings (SSSR count). The smallest absolute Gasteiger partial charge is 0.218 e. The molecule has 0 radical (unpaired) electrons. The number of sulfonamides is 1. The summed E-state index contributed by atoms with van der Waals surface area (Å²) >= 11 is 0. The predicted molar refractivity (Wildman–Crippen MR) is 85.5 cm³/mol. The zero-order valence-electron chi connectivity index (χ0n) is 12.9. The van der Waals surface area contributed by atoms with Crippen molar-refractivity contribution in [3.63, 3.8) is 0 Å². The van der Waals surface area contributed by atoms with Crippen LogP contribution in [0.15, 0.2) is 18.3 Å². The Morgan fingerprint density at radius 3 is 2.83 bits per heavy atom. The van der Waals surface area contributed by atoms with Crippen molar-refractivity contribution in [1.82, 2.24) is 9.29 Å². The van der Waals surface area contributed by atoms with Gasteiger partial charge in [0.15, 0.2) is 0 Å². The lowest BCUT2D eigenvalue weighted by Gasteiger charge is -2.37. The molecular formula is C15H20N4O3S. The summed E-state index contributed by atoms with van der Waals surface area (Å²) in [4.78, 5) is 6.20. The Hall–Kier alpha value is -1.69. The zero-order valence-corrected chi connectivity index (χ0v) is 13.7. The monoisotopic (exact) mass is 336 g/mol. The fourth-order valence-electron chi connectivity index (χ4n) is 3.12. The van der Waals surface area contributed by atoms with Crippen molar-refractivity contribution in [2.75, 3.05) is 44.3 Å². The van der Waals surface area contributed by atoms with E-state index in [0.29, 0.717) is 50.7 Å². The fraction of sp³-hybridized carbons (Fsp3) is 0.600. The Bertz CT molecular complexity index is 695. The molecule has 1 unspecified atom stereocenters. The number of anilines is 1. The lowest BCUT2D eigenvalue weighted by molar-refractivity contribution is 0.0725. The van der Waals surface area contributed by atoms with Gasteiger partial charge in [-0.2, -0.15) is 9.57 Å². The second-order valence-electron chi connectivity index (χ2n) is 5.75. The number of hydrogen-bond donors (Lipinski definition) is 0. The van der Waals surface area contributed by atoms with E-state index in [9.17, 15) is 13.7 Å². The van der Waals surface area contributed by atoms with Crippen LogP contribution in [0.25, 0.3) is 0 Å². The molecule has 0 aliphatic carbocycles. The highest BCUT2D eigenvalue weighted by molar-refractivity contribution is 7.89. The molecule has 1 atom stereocenters. The van der Waals surface area contributed by atoms with Gasteiger partial charge < -0.3 is 9.64 Å². The Kier molecular flexibility index (Phi) is 4.80. The molecule has 2 fully saturated rings. The third-order valence-corrected chi connectivity index (χ3v) is 6.65. The lowest BCUT2D eigenvalue weighted by Crippen LogP contribution is -2.51. The van der Waals surface area contributed by atoms with Gasteiger partial charge in [-0.15, -0.1) is 0 Å². The molecule has 1 aromatic rings. The third-order valence-electron chi connectivity index (χ3n) is 4.34. The maximum atomic E-state index is 12.8. The van der Waals surface area contributed by atoms with Gasteiger partial charge in [0.2, 0.25) is 10.0 Å². The summed E-state index contributed by atoms with van der Waals surface area (Å²) in [6.45, 7) is 2.85. The van der Waals surface area contributed by atoms with Crippen molar-refractivity contribution >= 4 is 15.8 Å². The van der Waals surface area contributed by atoms with Crippen molar-refractivity contribution in [1.29, 1.82) is 5.26 Å². The van der Waals surface area contributed by atoms with Crippen LogP contribution in [-0.2, 0) is 14.8 Å². The number of pyridine rings is 1. The summed E-state index contributed by atoms with van der Waals surface area (Å²) in [5, 5.41) is 8.77. The van der Waals surface area contributed by atoms with Gasteiger partial charge in [0.1, 0.15) is 11.9 Å². The summed E-state index contributed by atoms with van der Waals surface area (Å²) in [7, 11) is -3.34. The quantitative estimate of drug-likeness (QED) is 0.803. The van der Waals surface area contributed by atoms with E-state index in [4.69, 9.17) is 4.74 Å². The summed E-state index contributed by atoms with van der Waals surface area (Å²) < 4.78 is 32.4. The van der Waals surface area contributed by atoms with E-state index in [1.807, 2.05) is 4.90 Å². The fourth-order valence-corrected chi connectivity index (χ4v) is 5.03. The molecule has 7 nitrogen and oxygen atoms in total. The van der Waals surface area contributed by atoms with E-state index >= 15 is 0 Å². The molecule has 2 aliphatic rings. The molecule has 0 saturated carbocycles. The minimum absolute atomic E-state index is 0.380. The van der Waals surface area contributed by atoms with E-state index in [1.54, 1.807) is 18.3 Å². The van der Waals surface area contributed by atoms with Gasteiger partial charge in [-0.25, -0.2) is 13.4 Å². The summed E-state index contributed by atoms with van der Waals surface area (Å²) in [6, 6.07) is 5.56. The first-order chi connectivity index (χ1) is 11.1. The van der Waals surface area contributed by atoms with Crippen LogP contribution in [0, 0.1) is 11.3 Å². The molecule has 0 spiro atoms. The second kappa shape index (κ2) is 6.83. The lowest BCUT2D eigenvalue weighted by atomic mass is 10.1. The number of rotatable bonds is 3. The Labute approximate surface area is 136 Å². The maximum absolute atomic E-state index is 12.8. The number of ether oxygens (including phenoxy) is 1. The van der Waals surface area contributed by atoms with Crippen molar-refractivity contribution < 1.29 is 13.2 Å². The van der Waals surface area contributed by atoms with Crippen LogP contribution in [0.3, 0.4) is 0 Å². The van der Waals surface area contributed by atoms with E-state index in [-0.39, 0.29) is 0 Å². The van der Waals surface area contributed by atoms with Crippen LogP contribution in [0.1, 0.15) is 18.4 Å². The van der Waals surface area contributed by atoms with Crippen LogP contribution < -0.4 is 4.90 Å². The first kappa shape index (κ1) is 16.2. The number of piperidine rings is 1. The van der Waals surface area contributed by atoms with E-state index in [2.05, 4.69) is 11.1 Å². The van der Waals surface area contributed by atoms with Gasteiger partial charge in [-0.3, -0.25) is 0 Å². The average molecular weight is 336 g/mol. The minimum atomic E-state index is -3.34. The summed E-state index contributed by atoms with van der Waals surface area (Å²) in [5.74, 6) is 0.580. The highest BCUT2D eigenvalue weighted by Gasteiger charge is 2.36. The van der Waals surface area contributed by atoms with Crippen LogP contribution in [-0.4, -0.2) is 62.3 Å². The van der Waals surface area contributed by atoms with E-state index in [1.165, 1.54) is 4.31 Å². The zero-order chi connectivity index (χ0) is 16.3. The number of nitrogens with zero attached hydrogens (tertiary/aromatic N) is 4. The largest absolute Gasteiger partial charge is 0.379 e. The normalized spacial score (nSPS) is 23.4. The SMILES string of the molecule is N#Cc1cccnc1N1CCCC(S(=O)(=O)N2CCOCC2)C1. The average Bonchev–Trinajstić information content (AvgIpc) is 2.62. The highest BCUT2D eigenvalue weighted by Crippen LogP contribution is 2.26. The maximum Gasteiger partial charge on any atom is 0.218 e. The predicted octanol–water partition coefficient (Wildman–Crippen LogP) is 0.584. The molecule has 124 valence electrons. The van der Waals surface area contributed by atoms with Crippen LogP contribution >= 0.6 is 0 Å². The number of morpholine rings is 1. The molecule has 0 bridgehead atoms. The van der Waals surface area contributed by atoms with Crippen molar-refractivity contribution in [2.45, 2.75) is 18.1 Å². The standard InChI is InChI=1S/C15H20N4O3S/c16-11-13-3-1-5-17-15(13)18-6-2-4-14(12-18)23(20,21)19-7-9-22-10-8-19/h1,3,5,14H,2,4,6-10,12H2. The molecular weight excluding hydrogens is 316 g/mol. The van der Waals surface area contributed by atoms with Gasteiger partial charge in [-0.1, -0.05) is 0 Å². The third kappa shape index (κ3) is 3.32. The molecule has 23 heavy (non-hydrogen) atoms. The molecule has 1 aromatic heterocycles. The molecule has 2 saturated heterocycles. The number of hydrogen-bond acceptors (Lipinski definition) is 6. The minimum Gasteiger partial charge on any atom is -0.379 e. The Morgan fingerprint density at radius 2 is 2.09 bits per heavy atom. The first-order valence-corrected chi connectivity index (χ1v) is 9.30. The van der Waals surface area contributed by atoms with Crippen molar-refractivity contribution in [2.24, 2.45) is 0 Å². The van der Waals surface area contributed by atoms with Crippen molar-refractivity contribution in [3.05, 3.63) is 23.9 Å². The molecule has 8 heteroatoms. The van der Waals surface area contributed by atoms with Crippen molar-refractivity contribution in [3.8, 4) is 6.07 Å². The van der Waals surface area contributed by atoms with Gasteiger partial charge in [-0.05, 0) is 25.0 Å². The van der Waals surface area contributed by atoms with Gasteiger partial charge in [0, 0.05) is 32.4 Å². The van der Waals surface area contributed by atoms with E-state index in [0.717, 1.165) is 13.0 Å². The molecule has 0 N–H and O–H groups in total. The van der Waals surface area contributed by atoms with Crippen LogP contribution in [0.4, 0.5) is 5.82 Å². The van der Waals surface area contributed by atoms with Gasteiger partial charge in [0.05, 0.1) is 24.0 Å². The topological polar surface area (TPSA) is 86.5 Å². The first-order valence-electron chi connectivity index (χ1n) is 7.79. The van der Waals surface area contributed by atoms with Crippen LogP contribution in [0.5, 0.6) is 0 Å². The Morgan fingerprint density at radius 1 is 1.30 bits per heavy atom. The van der Waals surface area contributed by atoms with E-state index < -0.39 is 15.3 Å². The number of aromatic nitrogens is 1. The highest BCUT2D eigenvalue weighted by atomic mass is 32.2. The number of nitriles is 1. The summed E-state index contributed by atoms with van der Waals surface area (Å²) in [6.07, 6.45) is 3.05. The van der Waals surface area contributed by atoms with Crippen LogP contribution in [0.2, 0.25) is 0 Å². The second-order valence-corrected chi connectivity index (χ2v) is 7.97. The summed E-state index contributed by atoms with van der Waals surface area (Å²) in [5.41, 5.74) is 0.483. The molecule has 0 aromatic carbocycles. The van der Waals surface area contributed by atoms with Gasteiger partial charge >= 0.3 is 0 Å². The molecule has 0 amide bonds. The molecule has 3 heterocycles.